The van der Waals surface area contributed by atoms with E-state index < -0.39 is 6.04 Å². The lowest BCUT2D eigenvalue weighted by molar-refractivity contribution is -0.130. The van der Waals surface area contributed by atoms with Crippen LogP contribution in [0.5, 0.6) is 0 Å². The standard InChI is InChI=1S/C14H18N2O2/c1-9(2)11-5-4-6-12(7-11)16-10(3)14(18)15-8-13(16)17/h4-7,9-10H,8H2,1-3H3,(H,15,18). The number of amides is 2. The van der Waals surface area contributed by atoms with Crippen LogP contribution in [0.2, 0.25) is 0 Å². The van der Waals surface area contributed by atoms with Crippen molar-refractivity contribution in [3.8, 4) is 0 Å². The van der Waals surface area contributed by atoms with Gasteiger partial charge in [-0.3, -0.25) is 14.5 Å². The number of benzene rings is 1. The molecule has 0 aliphatic carbocycles. The molecule has 1 fully saturated rings. The van der Waals surface area contributed by atoms with Gasteiger partial charge in [0.1, 0.15) is 6.04 Å². The second-order valence-corrected chi connectivity index (χ2v) is 4.91. The number of nitrogens with one attached hydrogen (secondary N) is 1. The zero-order chi connectivity index (χ0) is 13.3. The summed E-state index contributed by atoms with van der Waals surface area (Å²) in [5.74, 6) is 0.224. The summed E-state index contributed by atoms with van der Waals surface area (Å²) in [5.41, 5.74) is 1.96. The molecular weight excluding hydrogens is 228 g/mol. The van der Waals surface area contributed by atoms with Gasteiger partial charge in [0.2, 0.25) is 11.8 Å². The van der Waals surface area contributed by atoms with Crippen LogP contribution in [0, 0.1) is 0 Å². The van der Waals surface area contributed by atoms with E-state index >= 15 is 0 Å². The molecule has 0 bridgehead atoms. The Morgan fingerprint density at radius 1 is 1.33 bits per heavy atom. The fourth-order valence-electron chi connectivity index (χ4n) is 2.13. The number of hydrogen-bond donors (Lipinski definition) is 1. The molecule has 1 aliphatic rings. The molecule has 18 heavy (non-hydrogen) atoms. The Hall–Kier alpha value is -1.84. The molecule has 0 spiro atoms. The highest BCUT2D eigenvalue weighted by atomic mass is 16.2. The van der Waals surface area contributed by atoms with Gasteiger partial charge in [-0.1, -0.05) is 26.0 Å². The van der Waals surface area contributed by atoms with Gasteiger partial charge >= 0.3 is 0 Å². The van der Waals surface area contributed by atoms with Crippen LogP contribution in [0.1, 0.15) is 32.3 Å². The molecule has 2 rings (SSSR count). The molecule has 1 unspecified atom stereocenters. The minimum atomic E-state index is -0.450. The Kier molecular flexibility index (Phi) is 3.36. The summed E-state index contributed by atoms with van der Waals surface area (Å²) in [6, 6.07) is 7.37. The molecule has 0 aromatic heterocycles. The number of anilines is 1. The van der Waals surface area contributed by atoms with E-state index in [1.807, 2.05) is 24.3 Å². The molecule has 1 heterocycles. The van der Waals surface area contributed by atoms with Crippen molar-refractivity contribution in [2.24, 2.45) is 0 Å². The fourth-order valence-corrected chi connectivity index (χ4v) is 2.13. The number of rotatable bonds is 2. The summed E-state index contributed by atoms with van der Waals surface area (Å²) in [7, 11) is 0. The molecule has 1 saturated heterocycles. The Morgan fingerprint density at radius 2 is 2.06 bits per heavy atom. The van der Waals surface area contributed by atoms with Crippen molar-refractivity contribution in [1.29, 1.82) is 0 Å². The molecule has 96 valence electrons. The maximum atomic E-state index is 11.9. The van der Waals surface area contributed by atoms with Crippen molar-refractivity contribution in [2.75, 3.05) is 11.4 Å². The SMILES string of the molecule is CC(C)c1cccc(N2C(=O)CNC(=O)C2C)c1. The monoisotopic (exact) mass is 246 g/mol. The van der Waals surface area contributed by atoms with E-state index in [0.29, 0.717) is 5.92 Å². The summed E-state index contributed by atoms with van der Waals surface area (Å²) in [4.78, 5) is 25.2. The van der Waals surface area contributed by atoms with Crippen molar-refractivity contribution >= 4 is 17.5 Å². The molecule has 1 aromatic rings. The zero-order valence-electron chi connectivity index (χ0n) is 10.9. The van der Waals surface area contributed by atoms with Gasteiger partial charge in [-0.15, -0.1) is 0 Å². The van der Waals surface area contributed by atoms with Crippen LogP contribution >= 0.6 is 0 Å². The smallest absolute Gasteiger partial charge is 0.247 e. The summed E-state index contributed by atoms with van der Waals surface area (Å²) in [6.07, 6.45) is 0. The van der Waals surface area contributed by atoms with E-state index in [1.54, 1.807) is 11.8 Å². The molecule has 2 amide bonds. The van der Waals surface area contributed by atoms with Crippen LogP contribution in [0.15, 0.2) is 24.3 Å². The first-order valence-electron chi connectivity index (χ1n) is 6.20. The van der Waals surface area contributed by atoms with Gasteiger partial charge in [0, 0.05) is 5.69 Å². The Bertz CT molecular complexity index is 482. The number of nitrogens with zero attached hydrogens (tertiary/aromatic N) is 1. The van der Waals surface area contributed by atoms with Gasteiger partial charge in [0.05, 0.1) is 6.54 Å². The number of carbonyl (C=O) groups excluding carboxylic acids is 2. The lowest BCUT2D eigenvalue weighted by Crippen LogP contribution is -2.57. The first kappa shape index (κ1) is 12.6. The molecule has 1 N–H and O–H groups in total. The van der Waals surface area contributed by atoms with Gasteiger partial charge in [0.25, 0.3) is 0 Å². The topological polar surface area (TPSA) is 49.4 Å². The first-order chi connectivity index (χ1) is 8.50. The van der Waals surface area contributed by atoms with E-state index in [2.05, 4.69) is 19.2 Å². The van der Waals surface area contributed by atoms with Gasteiger partial charge in [-0.05, 0) is 30.5 Å². The Morgan fingerprint density at radius 3 is 2.72 bits per heavy atom. The molecular formula is C14H18N2O2. The molecule has 4 nitrogen and oxygen atoms in total. The molecule has 0 radical (unpaired) electrons. The predicted molar refractivity (Wildman–Crippen MR) is 70.5 cm³/mol. The highest BCUT2D eigenvalue weighted by molar-refractivity contribution is 6.06. The fraction of sp³-hybridized carbons (Fsp3) is 0.429. The second-order valence-electron chi connectivity index (χ2n) is 4.91. The van der Waals surface area contributed by atoms with Crippen LogP contribution < -0.4 is 10.2 Å². The van der Waals surface area contributed by atoms with Crippen molar-refractivity contribution in [2.45, 2.75) is 32.7 Å². The van der Waals surface area contributed by atoms with Gasteiger partial charge < -0.3 is 5.32 Å². The van der Waals surface area contributed by atoms with E-state index in [9.17, 15) is 9.59 Å². The van der Waals surface area contributed by atoms with Crippen LogP contribution in [0.25, 0.3) is 0 Å². The van der Waals surface area contributed by atoms with Crippen molar-refractivity contribution < 1.29 is 9.59 Å². The lowest BCUT2D eigenvalue weighted by Gasteiger charge is -2.33. The average Bonchev–Trinajstić information content (AvgIpc) is 2.35. The maximum absolute atomic E-state index is 11.9. The Balaban J connectivity index is 2.37. The number of hydrogen-bond acceptors (Lipinski definition) is 2. The summed E-state index contributed by atoms with van der Waals surface area (Å²) in [6.45, 7) is 6.03. The summed E-state index contributed by atoms with van der Waals surface area (Å²) >= 11 is 0. The van der Waals surface area contributed by atoms with Crippen LogP contribution in [-0.2, 0) is 9.59 Å². The third-order valence-corrected chi connectivity index (χ3v) is 3.26. The molecule has 1 aliphatic heterocycles. The summed E-state index contributed by atoms with van der Waals surface area (Å²) in [5, 5.41) is 2.59. The van der Waals surface area contributed by atoms with Gasteiger partial charge in [0.15, 0.2) is 0 Å². The molecule has 1 atom stereocenters. The quantitative estimate of drug-likeness (QED) is 0.862. The van der Waals surface area contributed by atoms with E-state index in [4.69, 9.17) is 0 Å². The second kappa shape index (κ2) is 4.80. The van der Waals surface area contributed by atoms with E-state index in [0.717, 1.165) is 5.69 Å². The Labute approximate surface area is 107 Å². The lowest BCUT2D eigenvalue weighted by atomic mass is 10.0. The first-order valence-corrected chi connectivity index (χ1v) is 6.20. The van der Waals surface area contributed by atoms with Crippen molar-refractivity contribution in [1.82, 2.24) is 5.32 Å². The predicted octanol–water partition coefficient (Wildman–Crippen LogP) is 1.66. The van der Waals surface area contributed by atoms with Crippen molar-refractivity contribution in [3.63, 3.8) is 0 Å². The minimum absolute atomic E-state index is 0.0667. The van der Waals surface area contributed by atoms with Crippen LogP contribution in [0.3, 0.4) is 0 Å². The van der Waals surface area contributed by atoms with Gasteiger partial charge in [-0.2, -0.15) is 0 Å². The van der Waals surface area contributed by atoms with E-state index in [1.165, 1.54) is 5.56 Å². The zero-order valence-corrected chi connectivity index (χ0v) is 10.9. The molecule has 4 heteroatoms. The minimum Gasteiger partial charge on any atom is -0.345 e. The summed E-state index contributed by atoms with van der Waals surface area (Å²) < 4.78 is 0. The molecule has 1 aromatic carbocycles. The number of piperazine rings is 1. The number of carbonyl (C=O) groups is 2. The van der Waals surface area contributed by atoms with Crippen molar-refractivity contribution in [3.05, 3.63) is 29.8 Å². The third-order valence-electron chi connectivity index (χ3n) is 3.26. The average molecular weight is 246 g/mol. The highest BCUT2D eigenvalue weighted by Gasteiger charge is 2.32. The maximum Gasteiger partial charge on any atom is 0.247 e. The molecule has 0 saturated carbocycles. The van der Waals surface area contributed by atoms with Gasteiger partial charge in [-0.25, -0.2) is 0 Å². The largest absolute Gasteiger partial charge is 0.345 e. The van der Waals surface area contributed by atoms with Crippen LogP contribution in [0.4, 0.5) is 5.69 Å². The normalized spacial score (nSPS) is 20.2. The highest BCUT2D eigenvalue weighted by Crippen LogP contribution is 2.24. The van der Waals surface area contributed by atoms with Crippen LogP contribution in [-0.4, -0.2) is 24.4 Å². The van der Waals surface area contributed by atoms with E-state index in [-0.39, 0.29) is 18.4 Å². The third kappa shape index (κ3) is 2.23.